The number of aromatic nitrogens is 1. The molecule has 1 aliphatic heterocycles. The standard InChI is InChI=1S/C50H40N2/c1-48-29-12-13-30-49(48,2)52(35-15-4-3-5-16-35)47-28-26-34(32-44(47)48)46-24-14-23-45(51-46)33-25-27-43-39(31-33)38-19-8-11-22-42(38)50(43)40-20-9-6-17-36(40)37-18-7-10-21-41(37)50/h3-11,14-28,31-32H,12-13,29-30H2,1-2H3. The first-order valence-electron chi connectivity index (χ1n) is 18.9. The Morgan fingerprint density at radius 1 is 0.462 bits per heavy atom. The predicted octanol–water partition coefficient (Wildman–Crippen LogP) is 12.5. The topological polar surface area (TPSA) is 16.1 Å². The fraction of sp³-hybridized carbons (Fsp3) is 0.180. The van der Waals surface area contributed by atoms with Gasteiger partial charge in [0.15, 0.2) is 0 Å². The molecule has 3 aliphatic carbocycles. The van der Waals surface area contributed by atoms with Crippen molar-refractivity contribution in [2.75, 3.05) is 4.90 Å². The van der Waals surface area contributed by atoms with E-state index < -0.39 is 0 Å². The summed E-state index contributed by atoms with van der Waals surface area (Å²) in [6, 6.07) is 58.8. The van der Waals surface area contributed by atoms with Gasteiger partial charge in [0.2, 0.25) is 0 Å². The van der Waals surface area contributed by atoms with Gasteiger partial charge in [-0.05, 0) is 112 Å². The predicted molar refractivity (Wildman–Crippen MR) is 214 cm³/mol. The van der Waals surface area contributed by atoms with Crippen molar-refractivity contribution in [2.24, 2.45) is 0 Å². The zero-order valence-electron chi connectivity index (χ0n) is 29.7. The van der Waals surface area contributed by atoms with Crippen LogP contribution in [0.5, 0.6) is 0 Å². The number of para-hydroxylation sites is 1. The van der Waals surface area contributed by atoms with Crippen molar-refractivity contribution < 1.29 is 0 Å². The summed E-state index contributed by atoms with van der Waals surface area (Å²) in [5.74, 6) is 0. The molecule has 0 bridgehead atoms. The van der Waals surface area contributed by atoms with Crippen LogP contribution in [-0.4, -0.2) is 10.5 Å². The highest BCUT2D eigenvalue weighted by Crippen LogP contribution is 2.63. The van der Waals surface area contributed by atoms with Crippen LogP contribution in [0.2, 0.25) is 0 Å². The zero-order chi connectivity index (χ0) is 34.7. The smallest absolute Gasteiger partial charge is 0.0725 e. The summed E-state index contributed by atoms with van der Waals surface area (Å²) in [6.07, 6.45) is 4.93. The second-order valence-corrected chi connectivity index (χ2v) is 15.8. The van der Waals surface area contributed by atoms with Gasteiger partial charge >= 0.3 is 0 Å². The molecule has 11 rings (SSSR count). The average molecular weight is 669 g/mol. The quantitative estimate of drug-likeness (QED) is 0.186. The lowest BCUT2D eigenvalue weighted by atomic mass is 9.61. The van der Waals surface area contributed by atoms with Crippen LogP contribution >= 0.6 is 0 Å². The minimum atomic E-state index is -0.325. The van der Waals surface area contributed by atoms with Gasteiger partial charge in [-0.3, -0.25) is 0 Å². The highest BCUT2D eigenvalue weighted by Gasteiger charge is 2.57. The Balaban J connectivity index is 1.04. The van der Waals surface area contributed by atoms with Crippen LogP contribution in [0.3, 0.4) is 0 Å². The number of fused-ring (bicyclic) bond motifs is 13. The molecule has 0 saturated heterocycles. The molecule has 1 spiro atoms. The summed E-state index contributed by atoms with van der Waals surface area (Å²) < 4.78 is 0. The summed E-state index contributed by atoms with van der Waals surface area (Å²) in [5.41, 5.74) is 19.0. The number of anilines is 2. The van der Waals surface area contributed by atoms with E-state index >= 15 is 0 Å². The van der Waals surface area contributed by atoms with Crippen molar-refractivity contribution in [3.63, 3.8) is 0 Å². The number of nitrogens with zero attached hydrogens (tertiary/aromatic N) is 2. The first-order chi connectivity index (χ1) is 25.5. The van der Waals surface area contributed by atoms with E-state index in [9.17, 15) is 0 Å². The summed E-state index contributed by atoms with van der Waals surface area (Å²) in [7, 11) is 0. The molecule has 1 saturated carbocycles. The summed E-state index contributed by atoms with van der Waals surface area (Å²) >= 11 is 0. The minimum absolute atomic E-state index is 0.0290. The monoisotopic (exact) mass is 668 g/mol. The van der Waals surface area contributed by atoms with Gasteiger partial charge in [0.25, 0.3) is 0 Å². The fourth-order valence-corrected chi connectivity index (χ4v) is 10.9. The fourth-order valence-electron chi connectivity index (χ4n) is 10.9. The van der Waals surface area contributed by atoms with Crippen molar-refractivity contribution >= 4 is 11.4 Å². The molecule has 2 atom stereocenters. The molecule has 0 radical (unpaired) electrons. The molecule has 2 heterocycles. The Morgan fingerprint density at radius 3 is 1.67 bits per heavy atom. The van der Waals surface area contributed by atoms with Crippen molar-refractivity contribution in [1.82, 2.24) is 4.98 Å². The van der Waals surface area contributed by atoms with E-state index in [0.29, 0.717) is 0 Å². The maximum atomic E-state index is 5.39. The van der Waals surface area contributed by atoms with E-state index in [1.165, 1.54) is 92.7 Å². The van der Waals surface area contributed by atoms with Gasteiger partial charge in [-0.2, -0.15) is 0 Å². The Morgan fingerprint density at radius 2 is 1.00 bits per heavy atom. The van der Waals surface area contributed by atoms with Crippen LogP contribution in [0.1, 0.15) is 67.3 Å². The third-order valence-corrected chi connectivity index (χ3v) is 13.5. The molecule has 6 aromatic carbocycles. The molecular weight excluding hydrogens is 629 g/mol. The zero-order valence-corrected chi connectivity index (χ0v) is 29.7. The SMILES string of the molecule is CC12CCCCC1(C)N(c1ccccc1)c1ccc(-c3cccc(-c4ccc5c(c4)-c4ccccc4C54c5ccccc5-c5ccccc54)n3)cc12. The molecule has 7 aromatic rings. The van der Waals surface area contributed by atoms with Crippen molar-refractivity contribution in [1.29, 1.82) is 0 Å². The number of benzene rings is 6. The third-order valence-electron chi connectivity index (χ3n) is 13.5. The average Bonchev–Trinajstić information content (AvgIpc) is 3.75. The summed E-state index contributed by atoms with van der Waals surface area (Å²) in [6.45, 7) is 5.01. The molecule has 1 aromatic heterocycles. The lowest BCUT2D eigenvalue weighted by Gasteiger charge is -2.50. The minimum Gasteiger partial charge on any atom is -0.334 e. The largest absolute Gasteiger partial charge is 0.334 e. The highest BCUT2D eigenvalue weighted by atomic mass is 15.3. The van der Waals surface area contributed by atoms with Gasteiger partial charge in [0.1, 0.15) is 0 Å². The van der Waals surface area contributed by atoms with E-state index in [0.717, 1.165) is 17.0 Å². The molecule has 0 amide bonds. The Labute approximate surface area is 306 Å². The molecular formula is C50H40N2. The molecule has 1 fully saturated rings. The van der Waals surface area contributed by atoms with Gasteiger partial charge in [-0.1, -0.05) is 135 Å². The van der Waals surface area contributed by atoms with Crippen LogP contribution < -0.4 is 4.90 Å². The maximum absolute atomic E-state index is 5.39. The molecule has 4 aliphatic rings. The van der Waals surface area contributed by atoms with Gasteiger partial charge in [-0.15, -0.1) is 0 Å². The lowest BCUT2D eigenvalue weighted by molar-refractivity contribution is 0.195. The van der Waals surface area contributed by atoms with E-state index in [4.69, 9.17) is 4.98 Å². The van der Waals surface area contributed by atoms with Gasteiger partial charge in [-0.25, -0.2) is 4.98 Å². The van der Waals surface area contributed by atoms with Gasteiger partial charge in [0, 0.05) is 27.9 Å². The molecule has 2 unspecified atom stereocenters. The van der Waals surface area contributed by atoms with Crippen molar-refractivity contribution in [2.45, 2.75) is 55.9 Å². The third kappa shape index (κ3) is 3.72. The normalized spacial score (nSPS) is 21.2. The maximum Gasteiger partial charge on any atom is 0.0725 e. The van der Waals surface area contributed by atoms with Crippen LogP contribution in [0, 0.1) is 0 Å². The van der Waals surface area contributed by atoms with Crippen LogP contribution in [-0.2, 0) is 10.8 Å². The van der Waals surface area contributed by atoms with E-state index in [1.54, 1.807) is 0 Å². The molecule has 52 heavy (non-hydrogen) atoms. The number of hydrogen-bond donors (Lipinski definition) is 0. The Hall–Kier alpha value is -5.73. The molecule has 0 N–H and O–H groups in total. The van der Waals surface area contributed by atoms with E-state index in [2.05, 4.69) is 176 Å². The Kier molecular flexibility index (Phi) is 6.13. The van der Waals surface area contributed by atoms with E-state index in [1.807, 2.05) is 0 Å². The number of rotatable bonds is 3. The number of hydrogen-bond acceptors (Lipinski definition) is 2. The lowest BCUT2D eigenvalue weighted by Crippen LogP contribution is -2.54. The second kappa shape index (κ2) is 10.7. The summed E-state index contributed by atoms with van der Waals surface area (Å²) in [5, 5.41) is 0. The van der Waals surface area contributed by atoms with Crippen LogP contribution in [0.4, 0.5) is 11.4 Å². The van der Waals surface area contributed by atoms with Gasteiger partial charge in [0.05, 0.1) is 22.3 Å². The van der Waals surface area contributed by atoms with E-state index in [-0.39, 0.29) is 16.4 Å². The highest BCUT2D eigenvalue weighted by molar-refractivity contribution is 5.96. The van der Waals surface area contributed by atoms with Crippen LogP contribution in [0.25, 0.3) is 44.8 Å². The summed E-state index contributed by atoms with van der Waals surface area (Å²) in [4.78, 5) is 8.03. The van der Waals surface area contributed by atoms with Crippen molar-refractivity contribution in [3.8, 4) is 44.8 Å². The second-order valence-electron chi connectivity index (χ2n) is 15.8. The number of pyridine rings is 1. The molecule has 2 nitrogen and oxygen atoms in total. The van der Waals surface area contributed by atoms with Crippen molar-refractivity contribution in [3.05, 3.63) is 186 Å². The van der Waals surface area contributed by atoms with Crippen LogP contribution in [0.15, 0.2) is 158 Å². The first-order valence-corrected chi connectivity index (χ1v) is 18.9. The molecule has 2 heteroatoms. The molecule has 250 valence electrons. The Bertz CT molecular complexity index is 2540. The van der Waals surface area contributed by atoms with Gasteiger partial charge < -0.3 is 4.90 Å². The first kappa shape index (κ1) is 29.9.